The number of piperazine rings is 1. The van der Waals surface area contributed by atoms with E-state index in [2.05, 4.69) is 60.1 Å². The van der Waals surface area contributed by atoms with Crippen LogP contribution in [0, 0.1) is 5.41 Å². The van der Waals surface area contributed by atoms with Crippen molar-refractivity contribution in [3.05, 3.63) is 148 Å². The molecule has 1 aliphatic carbocycles. The number of amides is 3. The Morgan fingerprint density at radius 1 is 0.811 bits per heavy atom. The van der Waals surface area contributed by atoms with Gasteiger partial charge >= 0.3 is 18.5 Å². The van der Waals surface area contributed by atoms with E-state index in [1.165, 1.54) is 17.0 Å². The maximum Gasteiger partial charge on any atom is 0.573 e. The summed E-state index contributed by atoms with van der Waals surface area (Å²) in [7, 11) is 0. The predicted molar refractivity (Wildman–Crippen MR) is 279 cm³/mol. The molecule has 6 aromatic rings. The highest BCUT2D eigenvalue weighted by atomic mass is 35.5. The normalized spacial score (nSPS) is 20.9. The third-order valence-corrected chi connectivity index (χ3v) is 16.3. The van der Waals surface area contributed by atoms with Gasteiger partial charge < -0.3 is 34.7 Å². The van der Waals surface area contributed by atoms with Gasteiger partial charge in [-0.25, -0.2) is 9.59 Å². The molecule has 1 aromatic heterocycles. The molecule has 4 aliphatic rings. The van der Waals surface area contributed by atoms with Crippen LogP contribution in [0.5, 0.6) is 5.75 Å². The highest BCUT2D eigenvalue weighted by Crippen LogP contribution is 2.45. The summed E-state index contributed by atoms with van der Waals surface area (Å²) in [6.45, 7) is 9.71. The highest BCUT2D eigenvalue weighted by Gasteiger charge is 2.51. The Morgan fingerprint density at radius 2 is 1.46 bits per heavy atom. The maximum atomic E-state index is 14.6. The summed E-state index contributed by atoms with van der Waals surface area (Å²) in [5.74, 6) is -0.947. The van der Waals surface area contributed by atoms with Crippen LogP contribution in [0.15, 0.2) is 115 Å². The second-order valence-electron chi connectivity index (χ2n) is 21.2. The molecule has 388 valence electrons. The van der Waals surface area contributed by atoms with E-state index in [-0.39, 0.29) is 44.2 Å². The van der Waals surface area contributed by atoms with Crippen molar-refractivity contribution in [3.8, 4) is 28.0 Å². The van der Waals surface area contributed by atoms with Crippen molar-refractivity contribution in [3.63, 3.8) is 0 Å². The number of benzene rings is 5. The quantitative estimate of drug-likeness (QED) is 0.0920. The average Bonchev–Trinajstić information content (AvgIpc) is 4.13. The van der Waals surface area contributed by atoms with Crippen molar-refractivity contribution in [2.45, 2.75) is 102 Å². The Morgan fingerprint density at radius 3 is 2.08 bits per heavy atom. The highest BCUT2D eigenvalue weighted by molar-refractivity contribution is 6.36. The number of hydrogen-bond acceptors (Lipinski definition) is 7. The Kier molecular flexibility index (Phi) is 14.2. The summed E-state index contributed by atoms with van der Waals surface area (Å²) in [6, 6.07) is 34.0. The fraction of sp³-hybridized carbons (Fsp3) is 0.386. The van der Waals surface area contributed by atoms with Gasteiger partial charge in [-0.05, 0) is 94.5 Å². The van der Waals surface area contributed by atoms with Crippen LogP contribution >= 0.6 is 23.2 Å². The Balaban J connectivity index is 0.847. The van der Waals surface area contributed by atoms with Gasteiger partial charge in [-0.15, -0.1) is 13.2 Å². The number of alkyl halides is 3. The van der Waals surface area contributed by atoms with Crippen molar-refractivity contribution in [2.24, 2.45) is 5.41 Å². The number of alkyl carbamates (subject to hydrolysis) is 1. The van der Waals surface area contributed by atoms with E-state index in [0.717, 1.165) is 75.9 Å². The number of halogens is 5. The summed E-state index contributed by atoms with van der Waals surface area (Å²) >= 11 is 13.1. The zero-order valence-corrected chi connectivity index (χ0v) is 42.9. The first-order chi connectivity index (χ1) is 35.3. The van der Waals surface area contributed by atoms with Gasteiger partial charge in [-0.2, -0.15) is 0 Å². The zero-order valence-electron chi connectivity index (χ0n) is 41.4. The van der Waals surface area contributed by atoms with Crippen LogP contribution in [0.4, 0.5) is 22.8 Å². The molecule has 4 heterocycles. The predicted octanol–water partition coefficient (Wildman–Crippen LogP) is 11.9. The van der Waals surface area contributed by atoms with Crippen molar-refractivity contribution < 1.29 is 42.1 Å². The lowest BCUT2D eigenvalue weighted by molar-refractivity contribution is -0.274. The van der Waals surface area contributed by atoms with Gasteiger partial charge in [0.1, 0.15) is 17.9 Å². The summed E-state index contributed by atoms with van der Waals surface area (Å²) < 4.78 is 51.6. The van der Waals surface area contributed by atoms with Crippen LogP contribution in [0.2, 0.25) is 10.0 Å². The topological polar surface area (TPSA) is 129 Å². The number of hydrogen-bond donors (Lipinski definition) is 3. The molecule has 3 aliphatic heterocycles. The van der Waals surface area contributed by atoms with Crippen LogP contribution < -0.4 is 15.4 Å². The van der Waals surface area contributed by atoms with E-state index in [0.29, 0.717) is 47.2 Å². The zero-order chi connectivity index (χ0) is 52.1. The Bertz CT molecular complexity index is 3020. The number of nitrogens with zero attached hydrogens (tertiary/aromatic N) is 4. The third-order valence-electron chi connectivity index (χ3n) is 15.5. The van der Waals surface area contributed by atoms with Crippen LogP contribution in [-0.2, 0) is 29.2 Å². The number of carboxylic acid groups (broad SMARTS) is 1. The monoisotopic (exact) mass is 1050 g/mol. The smallest absolute Gasteiger partial charge is 0.465 e. The lowest BCUT2D eigenvalue weighted by Crippen LogP contribution is -2.67. The molecule has 12 nitrogen and oxygen atoms in total. The van der Waals surface area contributed by atoms with Crippen molar-refractivity contribution in [1.29, 1.82) is 0 Å². The number of nitrogens with one attached hydrogen (secondary N) is 2. The first-order valence-electron chi connectivity index (χ1n) is 25.1. The average molecular weight is 1050 g/mol. The lowest BCUT2D eigenvalue weighted by atomic mass is 9.73. The molecule has 4 unspecified atom stereocenters. The minimum atomic E-state index is -4.82. The fourth-order valence-electron chi connectivity index (χ4n) is 11.9. The van der Waals surface area contributed by atoms with E-state index >= 15 is 0 Å². The van der Waals surface area contributed by atoms with Gasteiger partial charge in [0, 0.05) is 115 Å². The second-order valence-corrected chi connectivity index (χ2v) is 22.0. The molecular weight excluding hydrogens is 993 g/mol. The minimum Gasteiger partial charge on any atom is -0.465 e. The van der Waals surface area contributed by atoms with E-state index in [1.807, 2.05) is 81.6 Å². The van der Waals surface area contributed by atoms with E-state index in [9.17, 15) is 32.7 Å². The summed E-state index contributed by atoms with van der Waals surface area (Å²) in [5.41, 5.74) is 6.71. The van der Waals surface area contributed by atoms with E-state index < -0.39 is 41.5 Å². The van der Waals surface area contributed by atoms with Gasteiger partial charge in [-0.3, -0.25) is 14.6 Å². The van der Waals surface area contributed by atoms with Gasteiger partial charge in [0.05, 0.1) is 0 Å². The molecule has 3 saturated heterocycles. The minimum absolute atomic E-state index is 0.0219. The van der Waals surface area contributed by atoms with E-state index in [1.54, 1.807) is 12.1 Å². The van der Waals surface area contributed by atoms with Gasteiger partial charge in [0.2, 0.25) is 5.91 Å². The van der Waals surface area contributed by atoms with Crippen molar-refractivity contribution >= 4 is 52.2 Å². The Labute approximate surface area is 438 Å². The molecule has 4 atom stereocenters. The number of ether oxygens (including phenoxy) is 2. The SMILES string of the molecule is CC(C)(C)C1CC(NC(=O)OCC2c3ccccc3-c3ccccc32)(C(=O)NCCCn2cc(-c3ccc(OC(F)(F)F)cc3)c3cc(CN4CC5CC4CN5Cc4c(Cl)cccc4Cl)ccc32)CCN1C(=O)O. The number of carbonyl (C=O) groups is 3. The second kappa shape index (κ2) is 20.5. The molecule has 3 fully saturated rings. The molecule has 3 N–H and O–H groups in total. The van der Waals surface area contributed by atoms with Crippen LogP contribution in [0.3, 0.4) is 0 Å². The third kappa shape index (κ3) is 10.5. The standard InChI is InChI=1S/C57H59Cl2F3N6O6/c1-55(2,3)51-28-56(22-25-68(51)54(71)72,64-53(70)73-34-47-42-12-6-4-10-40(42)41-11-5-7-13-43(41)47)52(69)63-23-9-24-65-32-45(36-17-19-39(20-18-36)74-57(60,61)62)44-26-35(16-21-50(44)65)29-66-30-38-27-37(66)31-67(38)33-46-48(58)14-8-15-49(46)59/h4-8,10-21,26,32,37-38,47,51H,9,22-25,27-31,33-34H2,1-3H3,(H,63,69)(H,64,70)(H,71,72). The van der Waals surface area contributed by atoms with E-state index in [4.69, 9.17) is 27.9 Å². The molecule has 0 radical (unpaired) electrons. The number of piperidine rings is 1. The van der Waals surface area contributed by atoms with Crippen molar-refractivity contribution in [1.82, 2.24) is 29.9 Å². The molecule has 74 heavy (non-hydrogen) atoms. The largest absolute Gasteiger partial charge is 0.573 e. The molecule has 3 amide bonds. The summed E-state index contributed by atoms with van der Waals surface area (Å²) in [6.07, 6.45) is -3.10. The number of fused-ring (bicyclic) bond motifs is 6. The molecule has 0 spiro atoms. The number of likely N-dealkylation sites (tertiary alicyclic amines) is 3. The van der Waals surface area contributed by atoms with Crippen molar-refractivity contribution in [2.75, 3.05) is 32.8 Å². The molecular formula is C57H59Cl2F3N6O6. The number of aromatic nitrogens is 1. The molecule has 5 aromatic carbocycles. The number of rotatable bonds is 14. The van der Waals surface area contributed by atoms with Gasteiger partial charge in [0.25, 0.3) is 0 Å². The number of aryl methyl sites for hydroxylation is 1. The van der Waals surface area contributed by atoms with Gasteiger partial charge in [-0.1, -0.05) is 117 Å². The van der Waals surface area contributed by atoms with Gasteiger partial charge in [0.15, 0.2) is 0 Å². The fourth-order valence-corrected chi connectivity index (χ4v) is 12.4. The lowest BCUT2D eigenvalue weighted by Gasteiger charge is -2.49. The van der Waals surface area contributed by atoms with Crippen LogP contribution in [0.1, 0.15) is 74.6 Å². The summed E-state index contributed by atoms with van der Waals surface area (Å²) in [4.78, 5) is 47.4. The first kappa shape index (κ1) is 51.2. The summed E-state index contributed by atoms with van der Waals surface area (Å²) in [5, 5.41) is 18.5. The molecule has 17 heteroatoms. The molecule has 2 bridgehead atoms. The molecule has 10 rings (SSSR count). The first-order valence-corrected chi connectivity index (χ1v) is 25.9. The Hall–Kier alpha value is -6.26. The van der Waals surface area contributed by atoms with Crippen LogP contribution in [0.25, 0.3) is 33.2 Å². The number of carbonyl (C=O) groups excluding carboxylic acids is 2. The van der Waals surface area contributed by atoms with Crippen LogP contribution in [-0.4, -0.2) is 105 Å². The molecule has 0 saturated carbocycles. The maximum absolute atomic E-state index is 14.6.